The van der Waals surface area contributed by atoms with Crippen molar-refractivity contribution in [2.24, 2.45) is 17.1 Å². The molecule has 0 aromatic heterocycles. The van der Waals surface area contributed by atoms with Crippen molar-refractivity contribution in [1.82, 2.24) is 5.32 Å². The summed E-state index contributed by atoms with van der Waals surface area (Å²) in [5.74, 6) is 0.732. The monoisotopic (exact) mass is 240 g/mol. The summed E-state index contributed by atoms with van der Waals surface area (Å²) in [6.07, 6.45) is 9.39. The van der Waals surface area contributed by atoms with Crippen LogP contribution in [-0.2, 0) is 4.74 Å². The van der Waals surface area contributed by atoms with Crippen LogP contribution in [0.15, 0.2) is 0 Å². The van der Waals surface area contributed by atoms with E-state index >= 15 is 0 Å². The molecule has 0 spiro atoms. The Morgan fingerprint density at radius 1 is 1.18 bits per heavy atom. The molecule has 0 aromatic rings. The maximum Gasteiger partial charge on any atom is 0.0507 e. The Morgan fingerprint density at radius 3 is 2.53 bits per heavy atom. The number of hydrogen-bond donors (Lipinski definition) is 2. The molecule has 1 atom stereocenters. The molecule has 2 aliphatic rings. The first kappa shape index (κ1) is 13.3. The molecular weight excluding hydrogens is 212 g/mol. The number of hydrogen-bond acceptors (Lipinski definition) is 3. The minimum atomic E-state index is 0.385. The summed E-state index contributed by atoms with van der Waals surface area (Å²) in [5, 5.41) is 3.66. The summed E-state index contributed by atoms with van der Waals surface area (Å²) in [6, 6.07) is 0. The van der Waals surface area contributed by atoms with Gasteiger partial charge in [0.15, 0.2) is 0 Å². The van der Waals surface area contributed by atoms with Gasteiger partial charge in [-0.1, -0.05) is 25.7 Å². The summed E-state index contributed by atoms with van der Waals surface area (Å²) in [7, 11) is 0. The molecule has 1 saturated heterocycles. The van der Waals surface area contributed by atoms with Crippen LogP contribution in [0.5, 0.6) is 0 Å². The van der Waals surface area contributed by atoms with E-state index in [1.807, 2.05) is 0 Å². The van der Waals surface area contributed by atoms with Gasteiger partial charge in [0.25, 0.3) is 0 Å². The zero-order chi connectivity index (χ0) is 12.0. The molecule has 0 amide bonds. The fourth-order valence-corrected chi connectivity index (χ4v) is 3.22. The summed E-state index contributed by atoms with van der Waals surface area (Å²) in [6.45, 7) is 4.97. The lowest BCUT2D eigenvalue weighted by Gasteiger charge is -2.32. The minimum Gasteiger partial charge on any atom is -0.381 e. The number of rotatable bonds is 5. The van der Waals surface area contributed by atoms with Crippen molar-refractivity contribution < 1.29 is 4.74 Å². The molecular formula is C14H28N2O. The lowest BCUT2D eigenvalue weighted by Crippen LogP contribution is -2.41. The van der Waals surface area contributed by atoms with Gasteiger partial charge in [-0.2, -0.15) is 0 Å². The zero-order valence-electron chi connectivity index (χ0n) is 11.0. The van der Waals surface area contributed by atoms with Gasteiger partial charge in [0.2, 0.25) is 0 Å². The van der Waals surface area contributed by atoms with Crippen molar-refractivity contribution in [2.45, 2.75) is 44.9 Å². The highest BCUT2D eigenvalue weighted by molar-refractivity contribution is 4.85. The quantitative estimate of drug-likeness (QED) is 0.722. The van der Waals surface area contributed by atoms with Gasteiger partial charge in [0, 0.05) is 19.7 Å². The Kier molecular flexibility index (Phi) is 5.26. The third-order valence-electron chi connectivity index (χ3n) is 4.55. The SMILES string of the molecule is NCC1(CNCC2CCOC2)CCCCCC1. The molecule has 1 aliphatic carbocycles. The van der Waals surface area contributed by atoms with E-state index in [0.717, 1.165) is 38.8 Å². The van der Waals surface area contributed by atoms with Gasteiger partial charge in [-0.3, -0.25) is 0 Å². The summed E-state index contributed by atoms with van der Waals surface area (Å²) >= 11 is 0. The molecule has 1 aliphatic heterocycles. The van der Waals surface area contributed by atoms with Crippen molar-refractivity contribution in [3.05, 3.63) is 0 Å². The highest BCUT2D eigenvalue weighted by Crippen LogP contribution is 2.33. The van der Waals surface area contributed by atoms with E-state index in [-0.39, 0.29) is 0 Å². The minimum absolute atomic E-state index is 0.385. The second-order valence-corrected chi connectivity index (χ2v) is 5.98. The van der Waals surface area contributed by atoms with Crippen LogP contribution in [0.3, 0.4) is 0 Å². The topological polar surface area (TPSA) is 47.3 Å². The van der Waals surface area contributed by atoms with Gasteiger partial charge in [0.1, 0.15) is 0 Å². The van der Waals surface area contributed by atoms with Crippen molar-refractivity contribution >= 4 is 0 Å². The van der Waals surface area contributed by atoms with Crippen LogP contribution in [0.1, 0.15) is 44.9 Å². The van der Waals surface area contributed by atoms with Gasteiger partial charge in [-0.15, -0.1) is 0 Å². The first-order valence-corrected chi connectivity index (χ1v) is 7.33. The molecule has 2 fully saturated rings. The molecule has 17 heavy (non-hydrogen) atoms. The van der Waals surface area contributed by atoms with E-state index in [0.29, 0.717) is 5.41 Å². The lowest BCUT2D eigenvalue weighted by molar-refractivity contribution is 0.182. The average Bonchev–Trinajstić information content (AvgIpc) is 2.75. The molecule has 3 heteroatoms. The predicted molar refractivity (Wildman–Crippen MR) is 71.0 cm³/mol. The van der Waals surface area contributed by atoms with E-state index in [2.05, 4.69) is 5.32 Å². The maximum absolute atomic E-state index is 6.04. The molecule has 3 nitrogen and oxygen atoms in total. The van der Waals surface area contributed by atoms with E-state index in [1.165, 1.54) is 44.9 Å². The zero-order valence-corrected chi connectivity index (χ0v) is 11.0. The van der Waals surface area contributed by atoms with Gasteiger partial charge >= 0.3 is 0 Å². The number of nitrogens with two attached hydrogens (primary N) is 1. The summed E-state index contributed by atoms with van der Waals surface area (Å²) in [4.78, 5) is 0. The molecule has 100 valence electrons. The van der Waals surface area contributed by atoms with E-state index in [1.54, 1.807) is 0 Å². The summed E-state index contributed by atoms with van der Waals surface area (Å²) < 4.78 is 5.41. The Labute approximate surface area is 105 Å². The summed E-state index contributed by atoms with van der Waals surface area (Å²) in [5.41, 5.74) is 6.42. The maximum atomic E-state index is 6.04. The van der Waals surface area contributed by atoms with Gasteiger partial charge in [-0.05, 0) is 37.1 Å². The predicted octanol–water partition coefficient (Wildman–Crippen LogP) is 1.91. The van der Waals surface area contributed by atoms with Crippen LogP contribution in [0.2, 0.25) is 0 Å². The smallest absolute Gasteiger partial charge is 0.0507 e. The molecule has 0 aromatic carbocycles. The van der Waals surface area contributed by atoms with E-state index in [4.69, 9.17) is 10.5 Å². The van der Waals surface area contributed by atoms with Crippen molar-refractivity contribution in [2.75, 3.05) is 32.8 Å². The van der Waals surface area contributed by atoms with Crippen molar-refractivity contribution in [3.63, 3.8) is 0 Å². The molecule has 1 saturated carbocycles. The van der Waals surface area contributed by atoms with Gasteiger partial charge < -0.3 is 15.8 Å². The van der Waals surface area contributed by atoms with Crippen LogP contribution in [-0.4, -0.2) is 32.8 Å². The standard InChI is InChI=1S/C14H28N2O/c15-11-14(6-3-1-2-4-7-14)12-16-9-13-5-8-17-10-13/h13,16H,1-12,15H2. The molecule has 1 unspecified atom stereocenters. The van der Waals surface area contributed by atoms with Crippen LogP contribution in [0, 0.1) is 11.3 Å². The molecule has 3 N–H and O–H groups in total. The molecule has 0 radical (unpaired) electrons. The van der Waals surface area contributed by atoms with E-state index in [9.17, 15) is 0 Å². The molecule has 2 rings (SSSR count). The lowest BCUT2D eigenvalue weighted by atomic mass is 9.80. The van der Waals surface area contributed by atoms with Gasteiger partial charge in [0.05, 0.1) is 6.61 Å². The Morgan fingerprint density at radius 2 is 1.94 bits per heavy atom. The third kappa shape index (κ3) is 3.94. The Hall–Kier alpha value is -0.120. The second-order valence-electron chi connectivity index (χ2n) is 5.98. The number of nitrogens with one attached hydrogen (secondary N) is 1. The molecule has 0 bridgehead atoms. The third-order valence-corrected chi connectivity index (χ3v) is 4.55. The molecule has 1 heterocycles. The van der Waals surface area contributed by atoms with E-state index < -0.39 is 0 Å². The first-order valence-electron chi connectivity index (χ1n) is 7.33. The normalized spacial score (nSPS) is 29.1. The van der Waals surface area contributed by atoms with Crippen LogP contribution < -0.4 is 11.1 Å². The van der Waals surface area contributed by atoms with Crippen molar-refractivity contribution in [3.8, 4) is 0 Å². The van der Waals surface area contributed by atoms with Crippen LogP contribution in [0.4, 0.5) is 0 Å². The Bertz CT molecular complexity index is 206. The van der Waals surface area contributed by atoms with Crippen LogP contribution >= 0.6 is 0 Å². The number of ether oxygens (including phenoxy) is 1. The fourth-order valence-electron chi connectivity index (χ4n) is 3.22. The van der Waals surface area contributed by atoms with Gasteiger partial charge in [-0.25, -0.2) is 0 Å². The Balaban J connectivity index is 1.73. The van der Waals surface area contributed by atoms with Crippen LogP contribution in [0.25, 0.3) is 0 Å². The largest absolute Gasteiger partial charge is 0.381 e. The van der Waals surface area contributed by atoms with Crippen molar-refractivity contribution in [1.29, 1.82) is 0 Å². The first-order chi connectivity index (χ1) is 8.35. The highest BCUT2D eigenvalue weighted by Gasteiger charge is 2.29. The average molecular weight is 240 g/mol. The second kappa shape index (κ2) is 6.72. The highest BCUT2D eigenvalue weighted by atomic mass is 16.5. The fraction of sp³-hybridized carbons (Fsp3) is 1.00.